The minimum Gasteiger partial charge on any atom is -0.356 e. The Kier molecular flexibility index (Phi) is 11.1. The molecule has 1 N–H and O–H groups in total. The highest BCUT2D eigenvalue weighted by atomic mass is 16.1. The molecule has 2 aromatic rings. The maximum Gasteiger partial charge on any atom is 0.219 e. The Labute approximate surface area is 171 Å². The van der Waals surface area contributed by atoms with Crippen LogP contribution in [0, 0.1) is 0 Å². The van der Waals surface area contributed by atoms with Crippen LogP contribution in [0.5, 0.6) is 0 Å². The van der Waals surface area contributed by atoms with Crippen molar-refractivity contribution in [1.29, 1.82) is 0 Å². The van der Waals surface area contributed by atoms with Gasteiger partial charge < -0.3 is 5.32 Å². The summed E-state index contributed by atoms with van der Waals surface area (Å²) in [6.07, 6.45) is 11.7. The number of hydrogen-bond acceptors (Lipinski definition) is 1. The van der Waals surface area contributed by atoms with E-state index in [1.807, 2.05) is 0 Å². The van der Waals surface area contributed by atoms with Crippen LogP contribution in [0.3, 0.4) is 0 Å². The van der Waals surface area contributed by atoms with E-state index in [9.17, 15) is 4.79 Å². The van der Waals surface area contributed by atoms with Gasteiger partial charge in [-0.2, -0.15) is 0 Å². The second-order valence-electron chi connectivity index (χ2n) is 7.74. The van der Waals surface area contributed by atoms with E-state index in [2.05, 4.69) is 72.9 Å². The summed E-state index contributed by atoms with van der Waals surface area (Å²) in [6, 6.07) is 21.2. The molecule has 0 spiro atoms. The van der Waals surface area contributed by atoms with Crippen LogP contribution >= 0.6 is 0 Å². The summed E-state index contributed by atoms with van der Waals surface area (Å²) < 4.78 is 0. The monoisotopic (exact) mass is 379 g/mol. The van der Waals surface area contributed by atoms with Crippen LogP contribution in [0.1, 0.15) is 88.2 Å². The second-order valence-corrected chi connectivity index (χ2v) is 7.74. The largest absolute Gasteiger partial charge is 0.356 e. The molecule has 0 aliphatic rings. The first-order valence-electron chi connectivity index (χ1n) is 11.2. The Hall–Kier alpha value is -2.09. The average molecular weight is 380 g/mol. The van der Waals surface area contributed by atoms with Crippen molar-refractivity contribution < 1.29 is 4.79 Å². The number of unbranched alkanes of at least 4 members (excludes halogenated alkanes) is 7. The molecule has 0 bridgehead atoms. The topological polar surface area (TPSA) is 29.1 Å². The Bertz CT molecular complexity index is 598. The Morgan fingerprint density at radius 3 is 1.79 bits per heavy atom. The lowest BCUT2D eigenvalue weighted by atomic mass is 9.88. The van der Waals surface area contributed by atoms with Crippen molar-refractivity contribution in [3.63, 3.8) is 0 Å². The van der Waals surface area contributed by atoms with Crippen LogP contribution in [-0.4, -0.2) is 12.5 Å². The lowest BCUT2D eigenvalue weighted by Crippen LogP contribution is -2.25. The lowest BCUT2D eigenvalue weighted by molar-refractivity contribution is -0.121. The summed E-state index contributed by atoms with van der Waals surface area (Å²) in [5, 5.41) is 3.13. The molecule has 28 heavy (non-hydrogen) atoms. The van der Waals surface area contributed by atoms with Gasteiger partial charge in [-0.25, -0.2) is 0 Å². The molecular formula is C26H37NO. The molecule has 0 fully saturated rings. The van der Waals surface area contributed by atoms with Crippen molar-refractivity contribution in [3.8, 4) is 0 Å². The first-order chi connectivity index (χ1) is 13.8. The van der Waals surface area contributed by atoms with Gasteiger partial charge in [0.2, 0.25) is 5.91 Å². The molecule has 2 heteroatoms. The van der Waals surface area contributed by atoms with Gasteiger partial charge in [0.1, 0.15) is 0 Å². The minimum atomic E-state index is 0.200. The molecule has 0 aliphatic heterocycles. The maximum absolute atomic E-state index is 12.2. The normalized spacial score (nSPS) is 10.9. The number of rotatable bonds is 14. The van der Waals surface area contributed by atoms with Crippen molar-refractivity contribution in [2.24, 2.45) is 0 Å². The van der Waals surface area contributed by atoms with Crippen molar-refractivity contribution in [1.82, 2.24) is 5.32 Å². The fraction of sp³-hybridized carbons (Fsp3) is 0.500. The van der Waals surface area contributed by atoms with Gasteiger partial charge in [-0.1, -0.05) is 113 Å². The van der Waals surface area contributed by atoms with E-state index in [-0.39, 0.29) is 5.91 Å². The van der Waals surface area contributed by atoms with Gasteiger partial charge >= 0.3 is 0 Å². The van der Waals surface area contributed by atoms with Crippen molar-refractivity contribution >= 4 is 5.91 Å². The zero-order chi connectivity index (χ0) is 19.9. The van der Waals surface area contributed by atoms with Crippen LogP contribution in [-0.2, 0) is 4.79 Å². The predicted molar refractivity (Wildman–Crippen MR) is 120 cm³/mol. The number of benzene rings is 2. The van der Waals surface area contributed by atoms with Gasteiger partial charge in [-0.3, -0.25) is 4.79 Å². The quantitative estimate of drug-likeness (QED) is 0.357. The zero-order valence-corrected chi connectivity index (χ0v) is 17.5. The number of carbonyl (C=O) groups excluding carboxylic acids is 1. The molecule has 2 nitrogen and oxygen atoms in total. The summed E-state index contributed by atoms with van der Waals surface area (Å²) in [5.41, 5.74) is 2.62. The summed E-state index contributed by atoms with van der Waals surface area (Å²) >= 11 is 0. The van der Waals surface area contributed by atoms with Crippen molar-refractivity contribution in [2.45, 2.75) is 77.0 Å². The average Bonchev–Trinajstić information content (AvgIpc) is 2.74. The summed E-state index contributed by atoms with van der Waals surface area (Å²) in [7, 11) is 0. The van der Waals surface area contributed by atoms with Crippen molar-refractivity contribution in [2.75, 3.05) is 6.54 Å². The van der Waals surface area contributed by atoms with E-state index in [1.165, 1.54) is 56.1 Å². The molecule has 0 unspecified atom stereocenters. The number of nitrogens with one attached hydrogen (secondary N) is 1. The maximum atomic E-state index is 12.2. The molecule has 0 aliphatic carbocycles. The van der Waals surface area contributed by atoms with Crippen molar-refractivity contribution in [3.05, 3.63) is 71.8 Å². The van der Waals surface area contributed by atoms with Crippen LogP contribution < -0.4 is 5.32 Å². The molecule has 2 aromatic carbocycles. The molecule has 2 rings (SSSR count). The third-order valence-corrected chi connectivity index (χ3v) is 5.42. The molecule has 0 aromatic heterocycles. The van der Waals surface area contributed by atoms with E-state index in [1.54, 1.807) is 0 Å². The third-order valence-electron chi connectivity index (χ3n) is 5.42. The number of carbonyl (C=O) groups is 1. The van der Waals surface area contributed by atoms with Gasteiger partial charge in [0.05, 0.1) is 0 Å². The number of hydrogen-bond donors (Lipinski definition) is 1. The van der Waals surface area contributed by atoms with Gasteiger partial charge in [0.15, 0.2) is 0 Å². The summed E-state index contributed by atoms with van der Waals surface area (Å²) in [6.45, 7) is 2.98. The SMILES string of the molecule is CCCCCCCCCCC(=O)NCCC(c1ccccc1)c1ccccc1. The molecule has 0 atom stereocenters. The van der Waals surface area contributed by atoms with Gasteiger partial charge in [-0.15, -0.1) is 0 Å². The van der Waals surface area contributed by atoms with Crippen LogP contribution in [0.15, 0.2) is 60.7 Å². The molecule has 152 valence electrons. The highest BCUT2D eigenvalue weighted by Crippen LogP contribution is 2.27. The first-order valence-corrected chi connectivity index (χ1v) is 11.2. The first kappa shape index (κ1) is 22.2. The highest BCUT2D eigenvalue weighted by Gasteiger charge is 2.14. The molecule has 0 saturated heterocycles. The summed E-state index contributed by atoms with van der Waals surface area (Å²) in [4.78, 5) is 12.2. The predicted octanol–water partition coefficient (Wildman–Crippen LogP) is 6.86. The third kappa shape index (κ3) is 8.73. The van der Waals surface area contributed by atoms with Crippen LogP contribution in [0.4, 0.5) is 0 Å². The van der Waals surface area contributed by atoms with Gasteiger partial charge in [-0.05, 0) is 24.0 Å². The van der Waals surface area contributed by atoms with Crippen LogP contribution in [0.25, 0.3) is 0 Å². The molecular weight excluding hydrogens is 342 g/mol. The standard InChI is InChI=1S/C26H37NO/c1-2-3-4-5-6-7-8-15-20-26(28)27-22-21-25(23-16-11-9-12-17-23)24-18-13-10-14-19-24/h9-14,16-19,25H,2-8,15,20-22H2,1H3,(H,27,28). The molecule has 0 radical (unpaired) electrons. The number of amides is 1. The Balaban J connectivity index is 1.67. The van der Waals surface area contributed by atoms with Gasteiger partial charge in [0, 0.05) is 18.9 Å². The second kappa shape index (κ2) is 14.0. The smallest absolute Gasteiger partial charge is 0.219 e. The Morgan fingerprint density at radius 2 is 1.25 bits per heavy atom. The lowest BCUT2D eigenvalue weighted by Gasteiger charge is -2.18. The fourth-order valence-electron chi connectivity index (χ4n) is 3.76. The summed E-state index contributed by atoms with van der Waals surface area (Å²) in [5.74, 6) is 0.525. The Morgan fingerprint density at radius 1 is 0.750 bits per heavy atom. The van der Waals surface area contributed by atoms with E-state index >= 15 is 0 Å². The minimum absolute atomic E-state index is 0.200. The van der Waals surface area contributed by atoms with Gasteiger partial charge in [0.25, 0.3) is 0 Å². The highest BCUT2D eigenvalue weighted by molar-refractivity contribution is 5.75. The molecule has 0 saturated carbocycles. The molecule has 0 heterocycles. The van der Waals surface area contributed by atoms with E-state index in [0.717, 1.165) is 19.4 Å². The fourth-order valence-corrected chi connectivity index (χ4v) is 3.76. The van der Waals surface area contributed by atoms with E-state index < -0.39 is 0 Å². The van der Waals surface area contributed by atoms with Crippen LogP contribution in [0.2, 0.25) is 0 Å². The van der Waals surface area contributed by atoms with E-state index in [0.29, 0.717) is 12.3 Å². The zero-order valence-electron chi connectivity index (χ0n) is 17.5. The molecule has 1 amide bonds. The van der Waals surface area contributed by atoms with E-state index in [4.69, 9.17) is 0 Å².